The molecule has 1 rings (SSSR count). The molecular weight excluding hydrogens is 203 g/mol. The van der Waals surface area contributed by atoms with E-state index in [1.165, 1.54) is 30.6 Å². The molecule has 0 aliphatic carbocycles. The van der Waals surface area contributed by atoms with Crippen LogP contribution < -0.4 is 0 Å². The number of hydrogen-bond acceptors (Lipinski definition) is 1. The number of hydrogen-bond donors (Lipinski definition) is 0. The average molecular weight is 223 g/mol. The normalized spacial score (nSPS) is 25.6. The first-order valence-electron chi connectivity index (χ1n) is 5.86. The maximum atomic E-state index is 12.1. The van der Waals surface area contributed by atoms with E-state index in [-0.39, 0.29) is 6.54 Å². The Hall–Kier alpha value is -0.250. The molecule has 0 spiro atoms. The summed E-state index contributed by atoms with van der Waals surface area (Å²) < 4.78 is 36.4. The lowest BCUT2D eigenvalue weighted by atomic mass is 10.1. The number of halogens is 3. The van der Waals surface area contributed by atoms with E-state index in [1.54, 1.807) is 0 Å². The van der Waals surface area contributed by atoms with Crippen LogP contribution in [-0.2, 0) is 0 Å². The summed E-state index contributed by atoms with van der Waals surface area (Å²) >= 11 is 0. The molecule has 0 aromatic rings. The van der Waals surface area contributed by atoms with E-state index in [0.29, 0.717) is 6.54 Å². The second kappa shape index (κ2) is 5.73. The topological polar surface area (TPSA) is 3.01 Å². The lowest BCUT2D eigenvalue weighted by Gasteiger charge is -2.06. The maximum Gasteiger partial charge on any atom is 0.405 e. The number of rotatable bonds is 7. The molecule has 1 heterocycles. The van der Waals surface area contributed by atoms with Gasteiger partial charge >= 0.3 is 6.18 Å². The second-order valence-electron chi connectivity index (χ2n) is 4.32. The molecule has 15 heavy (non-hydrogen) atoms. The highest BCUT2D eigenvalue weighted by Gasteiger charge is 2.53. The Morgan fingerprint density at radius 1 is 1.07 bits per heavy atom. The van der Waals surface area contributed by atoms with Gasteiger partial charge in [-0.2, -0.15) is 13.2 Å². The third-order valence-electron chi connectivity index (χ3n) is 2.89. The van der Waals surface area contributed by atoms with Crippen LogP contribution in [0.4, 0.5) is 13.2 Å². The summed E-state index contributed by atoms with van der Waals surface area (Å²) in [5.74, 6) is 0. The van der Waals surface area contributed by atoms with Gasteiger partial charge in [0.1, 0.15) is 6.04 Å². The molecule has 0 amide bonds. The average Bonchev–Trinajstić information content (AvgIpc) is 2.89. The zero-order chi connectivity index (χ0) is 11.3. The number of unbranched alkanes of at least 4 members (excludes halogenated alkanes) is 5. The minimum atomic E-state index is -4.00. The lowest BCUT2D eigenvalue weighted by Crippen LogP contribution is -2.21. The van der Waals surface area contributed by atoms with Crippen LogP contribution in [0.1, 0.15) is 45.4 Å². The highest BCUT2D eigenvalue weighted by Crippen LogP contribution is 2.34. The van der Waals surface area contributed by atoms with E-state index in [1.807, 2.05) is 0 Å². The highest BCUT2D eigenvalue weighted by molar-refractivity contribution is 4.94. The Morgan fingerprint density at radius 3 is 2.20 bits per heavy atom. The molecule has 0 aromatic heterocycles. The van der Waals surface area contributed by atoms with Gasteiger partial charge in [-0.3, -0.25) is 4.90 Å². The van der Waals surface area contributed by atoms with Gasteiger partial charge in [0.25, 0.3) is 0 Å². The largest absolute Gasteiger partial charge is 0.405 e. The van der Waals surface area contributed by atoms with Crippen LogP contribution in [0.3, 0.4) is 0 Å². The summed E-state index contributed by atoms with van der Waals surface area (Å²) in [5, 5.41) is 0. The van der Waals surface area contributed by atoms with Crippen LogP contribution in [0.15, 0.2) is 0 Å². The third-order valence-corrected chi connectivity index (χ3v) is 2.89. The molecule has 4 heteroatoms. The molecule has 90 valence electrons. The fourth-order valence-corrected chi connectivity index (χ4v) is 1.83. The molecular formula is C11H20F3N. The molecule has 2 unspecified atom stereocenters. The van der Waals surface area contributed by atoms with Crippen molar-refractivity contribution in [1.82, 2.24) is 4.90 Å². The standard InChI is InChI=1S/C11H20F3N/c1-2-3-4-5-6-7-8-15-9-10(15)11(12,13)14/h10H,2-9H2,1H3. The smallest absolute Gasteiger partial charge is 0.289 e. The summed E-state index contributed by atoms with van der Waals surface area (Å²) in [6.07, 6.45) is 2.83. The molecule has 0 radical (unpaired) electrons. The van der Waals surface area contributed by atoms with Gasteiger partial charge < -0.3 is 0 Å². The molecule has 1 aliphatic rings. The van der Waals surface area contributed by atoms with E-state index in [4.69, 9.17) is 0 Å². The lowest BCUT2D eigenvalue weighted by molar-refractivity contribution is -0.136. The Bertz CT molecular complexity index is 179. The Morgan fingerprint density at radius 2 is 1.67 bits per heavy atom. The molecule has 0 aromatic carbocycles. The number of nitrogens with zero attached hydrogens (tertiary/aromatic N) is 1. The quantitative estimate of drug-likeness (QED) is 0.471. The van der Waals surface area contributed by atoms with Gasteiger partial charge in [0.2, 0.25) is 0 Å². The fourth-order valence-electron chi connectivity index (χ4n) is 1.83. The third kappa shape index (κ3) is 4.87. The molecule has 1 fully saturated rings. The molecule has 0 bridgehead atoms. The molecule has 2 atom stereocenters. The summed E-state index contributed by atoms with van der Waals surface area (Å²) in [6.45, 7) is 3.00. The van der Waals surface area contributed by atoms with Crippen molar-refractivity contribution < 1.29 is 13.2 Å². The monoisotopic (exact) mass is 223 g/mol. The summed E-state index contributed by atoms with van der Waals surface area (Å²) in [6, 6.07) is -1.13. The van der Waals surface area contributed by atoms with Crippen LogP contribution in [-0.4, -0.2) is 30.2 Å². The minimum Gasteiger partial charge on any atom is -0.289 e. The van der Waals surface area contributed by atoms with Gasteiger partial charge in [-0.15, -0.1) is 0 Å². The van der Waals surface area contributed by atoms with Crippen molar-refractivity contribution in [2.75, 3.05) is 13.1 Å². The van der Waals surface area contributed by atoms with Crippen molar-refractivity contribution in [2.45, 2.75) is 57.7 Å². The molecule has 1 saturated heterocycles. The number of alkyl halides is 3. The van der Waals surface area contributed by atoms with Crippen molar-refractivity contribution >= 4 is 0 Å². The summed E-state index contributed by atoms with van der Waals surface area (Å²) in [5.41, 5.74) is 0. The summed E-state index contributed by atoms with van der Waals surface area (Å²) in [4.78, 5) is 1.51. The van der Waals surface area contributed by atoms with Crippen molar-refractivity contribution in [3.8, 4) is 0 Å². The van der Waals surface area contributed by atoms with E-state index in [0.717, 1.165) is 12.8 Å². The molecule has 1 aliphatic heterocycles. The Labute approximate surface area is 89.6 Å². The highest BCUT2D eigenvalue weighted by atomic mass is 19.4. The predicted octanol–water partition coefficient (Wildman–Crippen LogP) is 3.59. The van der Waals surface area contributed by atoms with E-state index < -0.39 is 12.2 Å². The van der Waals surface area contributed by atoms with Gasteiger partial charge in [-0.25, -0.2) is 0 Å². The molecule has 1 nitrogen and oxygen atoms in total. The first-order chi connectivity index (χ1) is 7.05. The Kier molecular flexibility index (Phi) is 4.90. The fraction of sp³-hybridized carbons (Fsp3) is 1.00. The van der Waals surface area contributed by atoms with Gasteiger partial charge in [-0.1, -0.05) is 39.0 Å². The van der Waals surface area contributed by atoms with Crippen LogP contribution in [0.5, 0.6) is 0 Å². The first-order valence-corrected chi connectivity index (χ1v) is 5.86. The van der Waals surface area contributed by atoms with Crippen molar-refractivity contribution in [3.63, 3.8) is 0 Å². The predicted molar refractivity (Wildman–Crippen MR) is 54.8 cm³/mol. The molecule has 0 N–H and O–H groups in total. The van der Waals surface area contributed by atoms with Crippen molar-refractivity contribution in [1.29, 1.82) is 0 Å². The first kappa shape index (κ1) is 12.8. The van der Waals surface area contributed by atoms with E-state index in [2.05, 4.69) is 6.92 Å². The van der Waals surface area contributed by atoms with Crippen molar-refractivity contribution in [3.05, 3.63) is 0 Å². The van der Waals surface area contributed by atoms with Crippen LogP contribution in [0, 0.1) is 0 Å². The van der Waals surface area contributed by atoms with Gasteiger partial charge in [0.15, 0.2) is 0 Å². The van der Waals surface area contributed by atoms with Crippen molar-refractivity contribution in [2.24, 2.45) is 0 Å². The van der Waals surface area contributed by atoms with E-state index in [9.17, 15) is 13.2 Å². The van der Waals surface area contributed by atoms with Crippen LogP contribution in [0.25, 0.3) is 0 Å². The van der Waals surface area contributed by atoms with Gasteiger partial charge in [-0.05, 0) is 13.0 Å². The SMILES string of the molecule is CCCCCCCCN1CC1C(F)(F)F. The zero-order valence-corrected chi connectivity index (χ0v) is 9.32. The second-order valence-corrected chi connectivity index (χ2v) is 4.32. The maximum absolute atomic E-state index is 12.1. The Balaban J connectivity index is 1.91. The minimum absolute atomic E-state index is 0.221. The summed E-state index contributed by atoms with van der Waals surface area (Å²) in [7, 11) is 0. The van der Waals surface area contributed by atoms with Crippen LogP contribution in [0.2, 0.25) is 0 Å². The molecule has 0 saturated carbocycles. The zero-order valence-electron chi connectivity index (χ0n) is 9.32. The van der Waals surface area contributed by atoms with Gasteiger partial charge in [0.05, 0.1) is 0 Å². The van der Waals surface area contributed by atoms with Gasteiger partial charge in [0, 0.05) is 6.54 Å². The van der Waals surface area contributed by atoms with E-state index >= 15 is 0 Å². The van der Waals surface area contributed by atoms with Crippen LogP contribution >= 0.6 is 0 Å².